The maximum atomic E-state index is 14.3. The third-order valence-electron chi connectivity index (χ3n) is 7.92. The van der Waals surface area contributed by atoms with Crippen LogP contribution in [0.1, 0.15) is 66.2 Å². The maximum absolute atomic E-state index is 14.3. The number of pyridine rings is 2. The van der Waals surface area contributed by atoms with Crippen LogP contribution in [0, 0.1) is 19.8 Å². The number of fused-ring (bicyclic) bond motifs is 3. The van der Waals surface area contributed by atoms with E-state index in [1.165, 1.54) is 0 Å². The second-order valence-corrected chi connectivity index (χ2v) is 10.5. The second kappa shape index (κ2) is 10.1. The zero-order valence-corrected chi connectivity index (χ0v) is 22.7. The van der Waals surface area contributed by atoms with E-state index in [2.05, 4.69) is 9.72 Å². The lowest BCUT2D eigenvalue weighted by Crippen LogP contribution is -2.30. The first-order chi connectivity index (χ1) is 19.3. The molecule has 9 heteroatoms. The van der Waals surface area contributed by atoms with Crippen LogP contribution in [0.5, 0.6) is 0 Å². The molecule has 0 spiro atoms. The zero-order valence-electron chi connectivity index (χ0n) is 22.7. The number of rotatable bonds is 6. The molecule has 0 N–H and O–H groups in total. The number of carbonyl (C=O) groups excluding carboxylic acids is 1. The first-order valence-electron chi connectivity index (χ1n) is 13.6. The standard InChI is InChI=1S/C31H30F2N4O3/c1-4-39-30(38)24-11-10-23-27-25(16-22(17-34-27)26-18(2)36-40-19(26)3)37(29(23)35-24)28(20-8-6-5-7-9-20)21-12-14-31(32,33)15-13-21/h5-11,16-17,21,28H,4,12-15H2,1-3H3. The smallest absolute Gasteiger partial charge is 0.356 e. The van der Waals surface area contributed by atoms with Gasteiger partial charge in [0, 0.05) is 35.6 Å². The van der Waals surface area contributed by atoms with Gasteiger partial charge in [-0.15, -0.1) is 0 Å². The predicted octanol–water partition coefficient (Wildman–Crippen LogP) is 7.45. The van der Waals surface area contributed by atoms with Gasteiger partial charge in [0.25, 0.3) is 0 Å². The number of carbonyl (C=O) groups is 1. The van der Waals surface area contributed by atoms with Crippen LogP contribution in [0.4, 0.5) is 8.78 Å². The Morgan fingerprint density at radius 2 is 1.90 bits per heavy atom. The molecule has 4 aromatic heterocycles. The fourth-order valence-electron chi connectivity index (χ4n) is 6.07. The highest BCUT2D eigenvalue weighted by Gasteiger charge is 2.39. The monoisotopic (exact) mass is 544 g/mol. The van der Waals surface area contributed by atoms with Crippen molar-refractivity contribution in [3.63, 3.8) is 0 Å². The summed E-state index contributed by atoms with van der Waals surface area (Å²) in [6.45, 7) is 5.72. The zero-order chi connectivity index (χ0) is 28.0. The lowest BCUT2D eigenvalue weighted by molar-refractivity contribution is -0.0493. The minimum absolute atomic E-state index is 0.0726. The number of hydrogen-bond donors (Lipinski definition) is 0. The van der Waals surface area contributed by atoms with Crippen LogP contribution in [-0.4, -0.2) is 38.2 Å². The first kappa shape index (κ1) is 26.1. The molecule has 1 fully saturated rings. The van der Waals surface area contributed by atoms with Gasteiger partial charge in [-0.3, -0.25) is 4.98 Å². The van der Waals surface area contributed by atoms with E-state index in [4.69, 9.17) is 19.2 Å². The van der Waals surface area contributed by atoms with Gasteiger partial charge in [0.15, 0.2) is 5.69 Å². The molecule has 7 nitrogen and oxygen atoms in total. The number of benzene rings is 1. The predicted molar refractivity (Wildman–Crippen MR) is 147 cm³/mol. The Bertz CT molecular complexity index is 1680. The van der Waals surface area contributed by atoms with Crippen molar-refractivity contribution >= 4 is 28.0 Å². The maximum Gasteiger partial charge on any atom is 0.356 e. The van der Waals surface area contributed by atoms with Crippen molar-refractivity contribution in [3.8, 4) is 11.1 Å². The summed E-state index contributed by atoms with van der Waals surface area (Å²) in [5.41, 5.74) is 5.70. The Morgan fingerprint density at radius 3 is 2.58 bits per heavy atom. The highest BCUT2D eigenvalue weighted by molar-refractivity contribution is 6.06. The average Bonchev–Trinajstić information content (AvgIpc) is 3.45. The second-order valence-electron chi connectivity index (χ2n) is 10.5. The van der Waals surface area contributed by atoms with Crippen LogP contribution >= 0.6 is 0 Å². The normalized spacial score (nSPS) is 16.4. The molecular formula is C31H30F2N4O3. The summed E-state index contributed by atoms with van der Waals surface area (Å²) in [6, 6.07) is 15.1. The highest BCUT2D eigenvalue weighted by Crippen LogP contribution is 2.46. The Balaban J connectivity index is 1.64. The van der Waals surface area contributed by atoms with Gasteiger partial charge in [0.05, 0.1) is 29.4 Å². The van der Waals surface area contributed by atoms with Gasteiger partial charge < -0.3 is 13.8 Å². The van der Waals surface area contributed by atoms with Crippen LogP contribution < -0.4 is 0 Å². The summed E-state index contributed by atoms with van der Waals surface area (Å²) in [5, 5.41) is 4.89. The number of halogens is 2. The van der Waals surface area contributed by atoms with Gasteiger partial charge in [-0.25, -0.2) is 18.6 Å². The van der Waals surface area contributed by atoms with Crippen LogP contribution in [0.25, 0.3) is 33.2 Å². The fourth-order valence-corrected chi connectivity index (χ4v) is 6.07. The third-order valence-corrected chi connectivity index (χ3v) is 7.92. The van der Waals surface area contributed by atoms with E-state index < -0.39 is 11.9 Å². The molecule has 4 heterocycles. The highest BCUT2D eigenvalue weighted by atomic mass is 19.3. The van der Waals surface area contributed by atoms with Crippen molar-refractivity contribution < 1.29 is 22.8 Å². The fraction of sp³-hybridized carbons (Fsp3) is 0.355. The minimum atomic E-state index is -2.66. The van der Waals surface area contributed by atoms with Gasteiger partial charge in [0.2, 0.25) is 5.92 Å². The number of aromatic nitrogens is 4. The van der Waals surface area contributed by atoms with Crippen molar-refractivity contribution in [2.75, 3.05) is 6.61 Å². The molecule has 40 heavy (non-hydrogen) atoms. The van der Waals surface area contributed by atoms with Crippen molar-refractivity contribution in [1.29, 1.82) is 0 Å². The largest absolute Gasteiger partial charge is 0.461 e. The van der Waals surface area contributed by atoms with Crippen molar-refractivity contribution in [3.05, 3.63) is 77.4 Å². The molecular weight excluding hydrogens is 514 g/mol. The Morgan fingerprint density at radius 1 is 1.15 bits per heavy atom. The number of ether oxygens (including phenoxy) is 1. The van der Waals surface area contributed by atoms with Crippen molar-refractivity contribution in [1.82, 2.24) is 19.7 Å². The van der Waals surface area contributed by atoms with Gasteiger partial charge in [-0.1, -0.05) is 35.5 Å². The van der Waals surface area contributed by atoms with Crippen LogP contribution in [0.3, 0.4) is 0 Å². The Hall–Kier alpha value is -4.14. The molecule has 0 saturated heterocycles. The molecule has 1 aliphatic carbocycles. The summed E-state index contributed by atoms with van der Waals surface area (Å²) in [5.74, 6) is -2.57. The minimum Gasteiger partial charge on any atom is -0.461 e. The van der Waals surface area contributed by atoms with Gasteiger partial charge >= 0.3 is 5.97 Å². The van der Waals surface area contributed by atoms with Gasteiger partial charge in [-0.2, -0.15) is 0 Å². The molecule has 5 aromatic rings. The van der Waals surface area contributed by atoms with Crippen molar-refractivity contribution in [2.24, 2.45) is 5.92 Å². The quantitative estimate of drug-likeness (QED) is 0.207. The molecule has 206 valence electrons. The lowest BCUT2D eigenvalue weighted by atomic mass is 9.79. The Kier molecular flexibility index (Phi) is 6.60. The summed E-state index contributed by atoms with van der Waals surface area (Å²) < 4.78 is 41.4. The summed E-state index contributed by atoms with van der Waals surface area (Å²) >= 11 is 0. The molecule has 1 aromatic carbocycles. The molecule has 0 amide bonds. The first-order valence-corrected chi connectivity index (χ1v) is 13.6. The topological polar surface area (TPSA) is 83.0 Å². The molecule has 6 rings (SSSR count). The number of hydrogen-bond acceptors (Lipinski definition) is 6. The van der Waals surface area contributed by atoms with Crippen LogP contribution in [-0.2, 0) is 4.74 Å². The average molecular weight is 545 g/mol. The van der Waals surface area contributed by atoms with E-state index in [0.717, 1.165) is 38.8 Å². The molecule has 0 radical (unpaired) electrons. The molecule has 1 saturated carbocycles. The number of nitrogens with zero attached hydrogens (tertiary/aromatic N) is 4. The summed E-state index contributed by atoms with van der Waals surface area (Å²) in [7, 11) is 0. The van der Waals surface area contributed by atoms with Gasteiger partial charge in [-0.05, 0) is 63.3 Å². The van der Waals surface area contributed by atoms with E-state index in [-0.39, 0.29) is 37.1 Å². The molecule has 1 aliphatic rings. The Labute approximate surface area is 230 Å². The summed E-state index contributed by atoms with van der Waals surface area (Å²) in [6.07, 6.45) is 2.19. The van der Waals surface area contributed by atoms with Crippen molar-refractivity contribution in [2.45, 2.75) is 58.4 Å². The van der Waals surface area contributed by atoms with E-state index in [0.29, 0.717) is 24.2 Å². The molecule has 0 aliphatic heterocycles. The molecule has 0 bridgehead atoms. The summed E-state index contributed by atoms with van der Waals surface area (Å²) in [4.78, 5) is 22.4. The van der Waals surface area contributed by atoms with E-state index >= 15 is 0 Å². The third kappa shape index (κ3) is 4.53. The molecule has 1 unspecified atom stereocenters. The number of alkyl halides is 2. The molecule has 1 atom stereocenters. The van der Waals surface area contributed by atoms with Crippen LogP contribution in [0.2, 0.25) is 0 Å². The van der Waals surface area contributed by atoms with E-state index in [1.807, 2.05) is 56.3 Å². The van der Waals surface area contributed by atoms with Crippen LogP contribution in [0.15, 0.2) is 59.3 Å². The van der Waals surface area contributed by atoms with E-state index in [9.17, 15) is 13.6 Å². The van der Waals surface area contributed by atoms with Gasteiger partial charge in [0.1, 0.15) is 11.4 Å². The van der Waals surface area contributed by atoms with E-state index in [1.54, 1.807) is 19.2 Å². The number of aryl methyl sites for hydroxylation is 2. The number of esters is 1. The SMILES string of the molecule is CCOC(=O)c1ccc2c3ncc(-c4c(C)noc4C)cc3n(C(c3ccccc3)C3CCC(F)(F)CC3)c2n1. The lowest BCUT2D eigenvalue weighted by Gasteiger charge is -2.35.